The number of halogens is 4. The summed E-state index contributed by atoms with van der Waals surface area (Å²) in [5, 5.41) is 4.38. The topological polar surface area (TPSA) is 41.1 Å². The van der Waals surface area contributed by atoms with Gasteiger partial charge in [0.1, 0.15) is 5.82 Å². The number of hydrogen-bond acceptors (Lipinski definition) is 2. The molecule has 0 saturated carbocycles. The zero-order valence-electron chi connectivity index (χ0n) is 10.1. The minimum atomic E-state index is -4.34. The number of nitrogens with one attached hydrogen (secondary N) is 2. The second-order valence-corrected chi connectivity index (χ2v) is 3.91. The van der Waals surface area contributed by atoms with Crippen molar-refractivity contribution in [3.05, 3.63) is 35.6 Å². The molecule has 0 aliphatic rings. The molecule has 0 atom stereocenters. The second-order valence-electron chi connectivity index (χ2n) is 3.91. The predicted molar refractivity (Wildman–Crippen MR) is 62.0 cm³/mol. The number of hydrogen-bond donors (Lipinski definition) is 2. The Bertz CT molecular complexity index is 420. The molecule has 1 rings (SSSR count). The normalized spacial score (nSPS) is 11.4. The predicted octanol–water partition coefficient (Wildman–Crippen LogP) is 1.64. The minimum Gasteiger partial charge on any atom is -0.355 e. The molecule has 0 saturated heterocycles. The van der Waals surface area contributed by atoms with Crippen molar-refractivity contribution in [3.63, 3.8) is 0 Å². The fourth-order valence-corrected chi connectivity index (χ4v) is 1.42. The van der Waals surface area contributed by atoms with Crippen molar-refractivity contribution in [2.24, 2.45) is 0 Å². The fourth-order valence-electron chi connectivity index (χ4n) is 1.42. The lowest BCUT2D eigenvalue weighted by molar-refractivity contribution is -0.128. The number of carbonyl (C=O) groups is 1. The highest BCUT2D eigenvalue weighted by Crippen LogP contribution is 2.11. The van der Waals surface area contributed by atoms with Crippen molar-refractivity contribution in [3.8, 4) is 0 Å². The van der Waals surface area contributed by atoms with Gasteiger partial charge in [-0.15, -0.1) is 0 Å². The van der Waals surface area contributed by atoms with Crippen LogP contribution < -0.4 is 10.6 Å². The molecule has 0 bridgehead atoms. The average Bonchev–Trinajstić information content (AvgIpc) is 2.30. The number of amides is 1. The quantitative estimate of drug-likeness (QED) is 0.777. The highest BCUT2D eigenvalue weighted by Gasteiger charge is 2.26. The Morgan fingerprint density at radius 3 is 2.53 bits per heavy atom. The summed E-state index contributed by atoms with van der Waals surface area (Å²) in [5.41, 5.74) is 0.450. The summed E-state index contributed by atoms with van der Waals surface area (Å²) in [4.78, 5) is 11.2. The molecule has 106 valence electrons. The molecule has 19 heavy (non-hydrogen) atoms. The smallest absolute Gasteiger partial charge is 0.355 e. The van der Waals surface area contributed by atoms with Crippen LogP contribution in [0.1, 0.15) is 5.56 Å². The van der Waals surface area contributed by atoms with Gasteiger partial charge in [-0.25, -0.2) is 4.39 Å². The molecule has 0 radical (unpaired) electrons. The van der Waals surface area contributed by atoms with Crippen LogP contribution in [-0.4, -0.2) is 31.7 Å². The standard InChI is InChI=1S/C12H14F4N2O/c13-10-4-2-1-3-9(10)5-6-18-11(19)7-17-8-12(14,15)16/h1-4,17H,5-8H2,(H,18,19). The van der Waals surface area contributed by atoms with Gasteiger partial charge in [0.15, 0.2) is 0 Å². The Morgan fingerprint density at radius 2 is 1.89 bits per heavy atom. The molecule has 3 nitrogen and oxygen atoms in total. The summed E-state index contributed by atoms with van der Waals surface area (Å²) in [6.45, 7) is -1.46. The number of alkyl halides is 3. The molecule has 0 aliphatic carbocycles. The number of rotatable bonds is 6. The lowest BCUT2D eigenvalue weighted by Gasteiger charge is -2.09. The summed E-state index contributed by atoms with van der Waals surface area (Å²) >= 11 is 0. The van der Waals surface area contributed by atoms with Gasteiger partial charge in [0.05, 0.1) is 13.1 Å². The second kappa shape index (κ2) is 7.08. The first-order valence-electron chi connectivity index (χ1n) is 5.66. The molecule has 0 spiro atoms. The molecule has 1 aromatic rings. The lowest BCUT2D eigenvalue weighted by Crippen LogP contribution is -2.38. The molecule has 0 aliphatic heterocycles. The molecular formula is C12H14F4N2O. The van der Waals surface area contributed by atoms with E-state index < -0.39 is 25.2 Å². The molecular weight excluding hydrogens is 264 g/mol. The van der Waals surface area contributed by atoms with Crippen LogP contribution in [0.4, 0.5) is 17.6 Å². The van der Waals surface area contributed by atoms with Crippen LogP contribution in [0.5, 0.6) is 0 Å². The Balaban J connectivity index is 2.19. The van der Waals surface area contributed by atoms with Gasteiger partial charge < -0.3 is 10.6 Å². The van der Waals surface area contributed by atoms with Gasteiger partial charge in [-0.05, 0) is 18.1 Å². The first kappa shape index (κ1) is 15.4. The van der Waals surface area contributed by atoms with Crippen molar-refractivity contribution < 1.29 is 22.4 Å². The van der Waals surface area contributed by atoms with E-state index in [4.69, 9.17) is 0 Å². The van der Waals surface area contributed by atoms with Crippen LogP contribution in [0.2, 0.25) is 0 Å². The van der Waals surface area contributed by atoms with Gasteiger partial charge in [-0.1, -0.05) is 18.2 Å². The first-order valence-corrected chi connectivity index (χ1v) is 5.66. The first-order chi connectivity index (χ1) is 8.88. The molecule has 0 heterocycles. The van der Waals surface area contributed by atoms with E-state index in [1.165, 1.54) is 6.07 Å². The van der Waals surface area contributed by atoms with Gasteiger partial charge in [-0.3, -0.25) is 4.79 Å². The average molecular weight is 278 g/mol. The largest absolute Gasteiger partial charge is 0.401 e. The summed E-state index contributed by atoms with van der Waals surface area (Å²) in [5.74, 6) is -0.924. The van der Waals surface area contributed by atoms with Gasteiger partial charge in [0.2, 0.25) is 5.91 Å². The number of benzene rings is 1. The van der Waals surface area contributed by atoms with Gasteiger partial charge in [-0.2, -0.15) is 13.2 Å². The SMILES string of the molecule is O=C(CNCC(F)(F)F)NCCc1ccccc1F. The van der Waals surface area contributed by atoms with E-state index in [0.717, 1.165) is 0 Å². The monoisotopic (exact) mass is 278 g/mol. The van der Waals surface area contributed by atoms with Crippen LogP contribution in [0.15, 0.2) is 24.3 Å². The van der Waals surface area contributed by atoms with Crippen LogP contribution in [0, 0.1) is 5.82 Å². The summed E-state index contributed by atoms with van der Waals surface area (Å²) < 4.78 is 48.6. The maximum Gasteiger partial charge on any atom is 0.401 e. The zero-order chi connectivity index (χ0) is 14.3. The van der Waals surface area contributed by atoms with Gasteiger partial charge in [0.25, 0.3) is 0 Å². The van der Waals surface area contributed by atoms with Gasteiger partial charge >= 0.3 is 6.18 Å². The third-order valence-corrected chi connectivity index (χ3v) is 2.29. The summed E-state index contributed by atoms with van der Waals surface area (Å²) in [7, 11) is 0. The van der Waals surface area contributed by atoms with E-state index in [1.807, 2.05) is 5.32 Å². The highest BCUT2D eigenvalue weighted by molar-refractivity contribution is 5.77. The van der Waals surface area contributed by atoms with Crippen molar-refractivity contribution in [2.45, 2.75) is 12.6 Å². The maximum absolute atomic E-state index is 13.2. The van der Waals surface area contributed by atoms with Crippen molar-refractivity contribution in [1.82, 2.24) is 10.6 Å². The van der Waals surface area contributed by atoms with E-state index in [0.29, 0.717) is 5.56 Å². The van der Waals surface area contributed by atoms with E-state index in [1.54, 1.807) is 18.2 Å². The van der Waals surface area contributed by atoms with Crippen molar-refractivity contribution in [2.75, 3.05) is 19.6 Å². The molecule has 0 fully saturated rings. The molecule has 7 heteroatoms. The van der Waals surface area contributed by atoms with Crippen LogP contribution in [0.25, 0.3) is 0 Å². The third-order valence-electron chi connectivity index (χ3n) is 2.29. The van der Waals surface area contributed by atoms with Crippen molar-refractivity contribution in [1.29, 1.82) is 0 Å². The zero-order valence-corrected chi connectivity index (χ0v) is 10.1. The molecule has 0 unspecified atom stereocenters. The third kappa shape index (κ3) is 6.76. The van der Waals surface area contributed by atoms with Gasteiger partial charge in [0, 0.05) is 6.54 Å². The van der Waals surface area contributed by atoms with Crippen LogP contribution >= 0.6 is 0 Å². The molecule has 1 amide bonds. The van der Waals surface area contributed by atoms with E-state index in [2.05, 4.69) is 5.32 Å². The van der Waals surface area contributed by atoms with Crippen LogP contribution in [-0.2, 0) is 11.2 Å². The Hall–Kier alpha value is -1.63. The lowest BCUT2D eigenvalue weighted by atomic mass is 10.1. The molecule has 2 N–H and O–H groups in total. The molecule has 0 aromatic heterocycles. The van der Waals surface area contributed by atoms with E-state index >= 15 is 0 Å². The molecule has 1 aromatic carbocycles. The Labute approximate surface area is 108 Å². The Morgan fingerprint density at radius 1 is 1.21 bits per heavy atom. The summed E-state index contributed by atoms with van der Waals surface area (Å²) in [6.07, 6.45) is -4.05. The summed E-state index contributed by atoms with van der Waals surface area (Å²) in [6, 6.07) is 6.12. The Kier molecular flexibility index (Phi) is 5.75. The maximum atomic E-state index is 13.2. The minimum absolute atomic E-state index is 0.174. The van der Waals surface area contributed by atoms with E-state index in [-0.39, 0.29) is 18.8 Å². The van der Waals surface area contributed by atoms with Crippen LogP contribution in [0.3, 0.4) is 0 Å². The van der Waals surface area contributed by atoms with E-state index in [9.17, 15) is 22.4 Å². The fraction of sp³-hybridized carbons (Fsp3) is 0.417. The van der Waals surface area contributed by atoms with Crippen molar-refractivity contribution >= 4 is 5.91 Å². The highest BCUT2D eigenvalue weighted by atomic mass is 19.4. The number of carbonyl (C=O) groups excluding carboxylic acids is 1.